The molecule has 0 unspecified atom stereocenters. The Bertz CT molecular complexity index is 1080. The monoisotopic (exact) mass is 377 g/mol. The van der Waals surface area contributed by atoms with E-state index in [0.29, 0.717) is 20.9 Å². The van der Waals surface area contributed by atoms with Crippen LogP contribution >= 0.6 is 11.3 Å². The summed E-state index contributed by atoms with van der Waals surface area (Å²) in [6, 6.07) is 16.3. The molecule has 2 heterocycles. The molecule has 0 saturated heterocycles. The molecule has 0 aliphatic carbocycles. The van der Waals surface area contributed by atoms with Crippen LogP contribution in [0.4, 0.5) is 5.69 Å². The Morgan fingerprint density at radius 1 is 1.07 bits per heavy atom. The summed E-state index contributed by atoms with van der Waals surface area (Å²) in [5, 5.41) is 23.9. The highest BCUT2D eigenvalue weighted by Crippen LogP contribution is 2.33. The first-order valence-electron chi connectivity index (χ1n) is 8.39. The lowest BCUT2D eigenvalue weighted by Crippen LogP contribution is -2.22. The SMILES string of the molecule is O=C(Cc1scc(-c2ccccc2)c1C(=O)O)C1=[N+]([O-])c2ccccc2C1. The van der Waals surface area contributed by atoms with E-state index in [0.717, 1.165) is 11.1 Å². The number of carboxylic acids is 1. The average molecular weight is 377 g/mol. The number of carbonyl (C=O) groups excluding carboxylic acids is 1. The van der Waals surface area contributed by atoms with Gasteiger partial charge in [-0.05, 0) is 10.9 Å². The first-order valence-corrected chi connectivity index (χ1v) is 9.27. The van der Waals surface area contributed by atoms with Crippen molar-refractivity contribution in [2.45, 2.75) is 12.8 Å². The number of hydrogen-bond donors (Lipinski definition) is 1. The van der Waals surface area contributed by atoms with Crippen molar-refractivity contribution < 1.29 is 19.4 Å². The zero-order valence-electron chi connectivity index (χ0n) is 14.2. The third kappa shape index (κ3) is 3.04. The third-order valence-electron chi connectivity index (χ3n) is 4.62. The normalized spacial score (nSPS) is 12.9. The number of hydrogen-bond acceptors (Lipinski definition) is 4. The molecule has 134 valence electrons. The van der Waals surface area contributed by atoms with Crippen LogP contribution in [0.2, 0.25) is 0 Å². The summed E-state index contributed by atoms with van der Waals surface area (Å²) in [6.45, 7) is 0. The van der Waals surface area contributed by atoms with E-state index < -0.39 is 5.97 Å². The minimum absolute atomic E-state index is 0.0960. The number of aromatic carboxylic acids is 1. The molecule has 5 nitrogen and oxygen atoms in total. The van der Waals surface area contributed by atoms with E-state index >= 15 is 0 Å². The number of carbonyl (C=O) groups is 2. The minimum Gasteiger partial charge on any atom is -0.618 e. The first-order chi connectivity index (χ1) is 13.1. The zero-order valence-corrected chi connectivity index (χ0v) is 15.0. The Morgan fingerprint density at radius 3 is 2.48 bits per heavy atom. The molecule has 2 aromatic carbocycles. The Balaban J connectivity index is 1.66. The lowest BCUT2D eigenvalue weighted by Gasteiger charge is -2.04. The number of para-hydroxylation sites is 1. The van der Waals surface area contributed by atoms with Crippen molar-refractivity contribution in [3.63, 3.8) is 0 Å². The van der Waals surface area contributed by atoms with Crippen LogP contribution in [0.3, 0.4) is 0 Å². The highest BCUT2D eigenvalue weighted by molar-refractivity contribution is 7.11. The fourth-order valence-electron chi connectivity index (χ4n) is 3.31. The molecular formula is C21H15NO4S. The van der Waals surface area contributed by atoms with Gasteiger partial charge in [-0.2, -0.15) is 4.74 Å². The number of carboxylic acid groups (broad SMARTS) is 1. The number of rotatable bonds is 5. The molecule has 0 fully saturated rings. The maximum atomic E-state index is 12.7. The maximum Gasteiger partial charge on any atom is 0.337 e. The molecule has 0 radical (unpaired) electrons. The fourth-order valence-corrected chi connectivity index (χ4v) is 4.35. The Morgan fingerprint density at radius 2 is 1.78 bits per heavy atom. The molecule has 3 aromatic rings. The quantitative estimate of drug-likeness (QED) is 0.537. The van der Waals surface area contributed by atoms with Crippen LogP contribution in [-0.2, 0) is 17.6 Å². The van der Waals surface area contributed by atoms with Gasteiger partial charge in [0.05, 0.1) is 18.4 Å². The number of ketones is 1. The van der Waals surface area contributed by atoms with E-state index in [2.05, 4.69) is 0 Å². The molecule has 1 aliphatic rings. The molecule has 0 spiro atoms. The second-order valence-corrected chi connectivity index (χ2v) is 7.23. The topological polar surface area (TPSA) is 80.4 Å². The van der Waals surface area contributed by atoms with E-state index in [9.17, 15) is 19.9 Å². The summed E-state index contributed by atoms with van der Waals surface area (Å²) < 4.78 is 0.670. The predicted molar refractivity (Wildman–Crippen MR) is 104 cm³/mol. The van der Waals surface area contributed by atoms with Crippen molar-refractivity contribution in [1.29, 1.82) is 0 Å². The molecule has 4 rings (SSSR count). The Labute approximate surface area is 159 Å². The zero-order chi connectivity index (χ0) is 19.0. The van der Waals surface area contributed by atoms with E-state index in [4.69, 9.17) is 0 Å². The van der Waals surface area contributed by atoms with Gasteiger partial charge in [0.15, 0.2) is 0 Å². The number of benzene rings is 2. The van der Waals surface area contributed by atoms with Crippen LogP contribution in [-0.4, -0.2) is 27.3 Å². The predicted octanol–water partition coefficient (Wildman–Crippen LogP) is 4.06. The molecule has 1 aliphatic heterocycles. The second-order valence-electron chi connectivity index (χ2n) is 6.27. The number of nitrogens with zero attached hydrogens (tertiary/aromatic N) is 1. The Hall–Kier alpha value is -3.25. The van der Waals surface area contributed by atoms with E-state index in [-0.39, 0.29) is 29.9 Å². The van der Waals surface area contributed by atoms with E-state index in [1.807, 2.05) is 42.5 Å². The summed E-state index contributed by atoms with van der Waals surface area (Å²) in [6.07, 6.45) is 0.180. The Kier molecular flexibility index (Phi) is 4.33. The summed E-state index contributed by atoms with van der Waals surface area (Å²) >= 11 is 1.24. The smallest absolute Gasteiger partial charge is 0.337 e. The number of thiophene rings is 1. The molecule has 6 heteroatoms. The van der Waals surface area contributed by atoms with Gasteiger partial charge in [-0.1, -0.05) is 48.5 Å². The molecule has 0 saturated carbocycles. The van der Waals surface area contributed by atoms with Crippen molar-refractivity contribution in [3.05, 3.63) is 81.2 Å². The van der Waals surface area contributed by atoms with Gasteiger partial charge in [0.25, 0.3) is 0 Å². The maximum absolute atomic E-state index is 12.7. The summed E-state index contributed by atoms with van der Waals surface area (Å²) in [5.41, 5.74) is 2.96. The standard InChI is InChI=1S/C21H15NO4S/c23-18(17-10-14-8-4-5-9-16(14)22(17)26)11-19-20(21(24)25)15(12-27-19)13-6-2-1-3-7-13/h1-9,12H,10-11H2,(H,24,25). The van der Waals surface area contributed by atoms with Gasteiger partial charge in [0, 0.05) is 22.1 Å². The fraction of sp³-hybridized carbons (Fsp3) is 0.0952. The van der Waals surface area contributed by atoms with Crippen LogP contribution < -0.4 is 0 Å². The van der Waals surface area contributed by atoms with Gasteiger partial charge in [-0.3, -0.25) is 4.79 Å². The molecule has 1 N–H and O–H groups in total. The van der Waals surface area contributed by atoms with Gasteiger partial charge >= 0.3 is 5.97 Å². The molecule has 0 bridgehead atoms. The summed E-state index contributed by atoms with van der Waals surface area (Å²) in [5.74, 6) is -1.42. The van der Waals surface area contributed by atoms with Gasteiger partial charge in [-0.25, -0.2) is 4.79 Å². The molecule has 0 atom stereocenters. The second kappa shape index (κ2) is 6.81. The summed E-state index contributed by atoms with van der Waals surface area (Å²) in [4.78, 5) is 25.0. The third-order valence-corrected chi connectivity index (χ3v) is 5.61. The lowest BCUT2D eigenvalue weighted by atomic mass is 10.00. The van der Waals surface area contributed by atoms with Crippen molar-refractivity contribution in [2.24, 2.45) is 0 Å². The number of fused-ring (bicyclic) bond motifs is 1. The lowest BCUT2D eigenvalue weighted by molar-refractivity contribution is -0.356. The van der Waals surface area contributed by atoms with Gasteiger partial charge in [0.2, 0.25) is 17.2 Å². The van der Waals surface area contributed by atoms with Crippen molar-refractivity contribution in [3.8, 4) is 11.1 Å². The highest BCUT2D eigenvalue weighted by atomic mass is 32.1. The van der Waals surface area contributed by atoms with Gasteiger partial charge < -0.3 is 10.3 Å². The van der Waals surface area contributed by atoms with Crippen LogP contribution in [0, 0.1) is 5.21 Å². The van der Waals surface area contributed by atoms with Crippen molar-refractivity contribution in [1.82, 2.24) is 0 Å². The molecule has 0 amide bonds. The van der Waals surface area contributed by atoms with Crippen LogP contribution in [0.5, 0.6) is 0 Å². The largest absolute Gasteiger partial charge is 0.618 e. The van der Waals surface area contributed by atoms with Crippen LogP contribution in [0.15, 0.2) is 60.0 Å². The summed E-state index contributed by atoms with van der Waals surface area (Å²) in [7, 11) is 0. The molecular weight excluding hydrogens is 362 g/mol. The van der Waals surface area contributed by atoms with Gasteiger partial charge in [0.1, 0.15) is 0 Å². The van der Waals surface area contributed by atoms with Crippen molar-refractivity contribution >= 4 is 34.5 Å². The van der Waals surface area contributed by atoms with E-state index in [1.54, 1.807) is 17.5 Å². The number of Topliss-reactive ketones (excluding diaryl/α,β-unsaturated/α-hetero) is 1. The average Bonchev–Trinajstić information content (AvgIpc) is 3.24. The van der Waals surface area contributed by atoms with Gasteiger partial charge in [-0.15, -0.1) is 11.3 Å². The molecule has 1 aromatic heterocycles. The minimum atomic E-state index is -1.07. The molecule has 27 heavy (non-hydrogen) atoms. The van der Waals surface area contributed by atoms with Crippen LogP contribution in [0.25, 0.3) is 11.1 Å². The van der Waals surface area contributed by atoms with Crippen LogP contribution in [0.1, 0.15) is 20.8 Å². The highest BCUT2D eigenvalue weighted by Gasteiger charge is 2.32. The van der Waals surface area contributed by atoms with E-state index in [1.165, 1.54) is 11.3 Å². The first kappa shape index (κ1) is 17.2. The van der Waals surface area contributed by atoms with Crippen molar-refractivity contribution in [2.75, 3.05) is 0 Å².